The van der Waals surface area contributed by atoms with E-state index in [4.69, 9.17) is 4.42 Å². The van der Waals surface area contributed by atoms with E-state index in [1.807, 2.05) is 0 Å². The predicted octanol–water partition coefficient (Wildman–Crippen LogP) is 3.08. The Balaban J connectivity index is 1.92. The van der Waals surface area contributed by atoms with Crippen LogP contribution in [0.4, 0.5) is 5.69 Å². The van der Waals surface area contributed by atoms with Gasteiger partial charge in [-0.2, -0.15) is 4.31 Å². The molecule has 0 spiro atoms. The lowest BCUT2D eigenvalue weighted by molar-refractivity contribution is 0.102. The van der Waals surface area contributed by atoms with Crippen molar-refractivity contribution >= 4 is 32.6 Å². The highest BCUT2D eigenvalue weighted by Crippen LogP contribution is 2.20. The summed E-state index contributed by atoms with van der Waals surface area (Å²) in [4.78, 5) is 24.8. The van der Waals surface area contributed by atoms with Crippen LogP contribution in [-0.4, -0.2) is 31.7 Å². The van der Waals surface area contributed by atoms with Gasteiger partial charge in [0.05, 0.1) is 4.90 Å². The number of anilines is 1. The van der Waals surface area contributed by atoms with Gasteiger partial charge >= 0.3 is 5.63 Å². The second-order valence-corrected chi connectivity index (χ2v) is 7.99. The predicted molar refractivity (Wildman–Crippen MR) is 107 cm³/mol. The standard InChI is InChI=1S/C20H20N2O5S/c1-3-22(4-2)28(25,26)16-10-7-9-15(13-16)21-19(23)17-12-14-8-5-6-11-18(14)27-20(17)24/h5-13H,3-4H2,1-2H3,(H,21,23). The van der Waals surface area contributed by atoms with E-state index in [2.05, 4.69) is 5.32 Å². The molecule has 0 fully saturated rings. The Morgan fingerprint density at radius 1 is 1.04 bits per heavy atom. The van der Waals surface area contributed by atoms with Gasteiger partial charge in [0.25, 0.3) is 5.91 Å². The molecule has 1 amide bonds. The van der Waals surface area contributed by atoms with Crippen LogP contribution >= 0.6 is 0 Å². The second-order valence-electron chi connectivity index (χ2n) is 6.06. The van der Waals surface area contributed by atoms with Crippen LogP contribution in [0.15, 0.2) is 68.7 Å². The fraction of sp³-hybridized carbons (Fsp3) is 0.200. The highest BCUT2D eigenvalue weighted by atomic mass is 32.2. The van der Waals surface area contributed by atoms with E-state index >= 15 is 0 Å². The van der Waals surface area contributed by atoms with Gasteiger partial charge in [-0.1, -0.05) is 38.1 Å². The first-order chi connectivity index (χ1) is 13.4. The molecule has 0 aliphatic heterocycles. The van der Waals surface area contributed by atoms with Gasteiger partial charge in [0.1, 0.15) is 11.1 Å². The average Bonchev–Trinajstić information content (AvgIpc) is 2.68. The van der Waals surface area contributed by atoms with Gasteiger partial charge in [-0.25, -0.2) is 13.2 Å². The van der Waals surface area contributed by atoms with Crippen LogP contribution in [0.5, 0.6) is 0 Å². The maximum atomic E-state index is 12.7. The summed E-state index contributed by atoms with van der Waals surface area (Å²) in [6, 6.07) is 14.2. The number of para-hydroxylation sites is 1. The lowest BCUT2D eigenvalue weighted by atomic mass is 10.1. The minimum Gasteiger partial charge on any atom is -0.422 e. The molecular formula is C20H20N2O5S. The maximum absolute atomic E-state index is 12.7. The number of amides is 1. The molecule has 3 rings (SSSR count). The molecule has 1 N–H and O–H groups in total. The third-order valence-corrected chi connectivity index (χ3v) is 6.37. The van der Waals surface area contributed by atoms with Crippen LogP contribution in [0, 0.1) is 0 Å². The van der Waals surface area contributed by atoms with Gasteiger partial charge in [-0.05, 0) is 30.3 Å². The van der Waals surface area contributed by atoms with Crippen LogP contribution < -0.4 is 10.9 Å². The molecule has 0 aliphatic rings. The first-order valence-corrected chi connectivity index (χ1v) is 10.2. The fourth-order valence-corrected chi connectivity index (χ4v) is 4.37. The summed E-state index contributed by atoms with van der Waals surface area (Å²) in [5.74, 6) is -0.670. The molecule has 0 saturated heterocycles. The van der Waals surface area contributed by atoms with Crippen molar-refractivity contribution in [2.24, 2.45) is 0 Å². The first-order valence-electron chi connectivity index (χ1n) is 8.81. The Morgan fingerprint density at radius 3 is 2.46 bits per heavy atom. The molecule has 0 aliphatic carbocycles. The molecule has 0 saturated carbocycles. The zero-order valence-corrected chi connectivity index (χ0v) is 16.3. The summed E-state index contributed by atoms with van der Waals surface area (Å²) in [6.07, 6.45) is 0. The van der Waals surface area contributed by atoms with E-state index in [0.29, 0.717) is 24.1 Å². The number of fused-ring (bicyclic) bond motifs is 1. The van der Waals surface area contributed by atoms with Crippen LogP contribution in [0.25, 0.3) is 11.0 Å². The lowest BCUT2D eigenvalue weighted by Gasteiger charge is -2.18. The summed E-state index contributed by atoms with van der Waals surface area (Å²) < 4.78 is 31.8. The summed E-state index contributed by atoms with van der Waals surface area (Å²) in [5.41, 5.74) is -0.263. The lowest BCUT2D eigenvalue weighted by Crippen LogP contribution is -2.30. The minimum absolute atomic E-state index is 0.0690. The Bertz CT molecular complexity index is 1180. The van der Waals surface area contributed by atoms with Crippen LogP contribution in [-0.2, 0) is 10.0 Å². The molecule has 28 heavy (non-hydrogen) atoms. The third-order valence-electron chi connectivity index (χ3n) is 4.32. The Labute approximate surface area is 162 Å². The smallest absolute Gasteiger partial charge is 0.349 e. The van der Waals surface area contributed by atoms with Gasteiger partial charge in [0, 0.05) is 24.2 Å². The van der Waals surface area contributed by atoms with E-state index < -0.39 is 21.6 Å². The molecular weight excluding hydrogens is 380 g/mol. The second kappa shape index (κ2) is 7.95. The van der Waals surface area contributed by atoms with Crippen molar-refractivity contribution in [3.63, 3.8) is 0 Å². The molecule has 1 heterocycles. The normalized spacial score (nSPS) is 11.7. The Kier molecular flexibility index (Phi) is 5.62. The zero-order chi connectivity index (χ0) is 20.3. The molecule has 146 valence electrons. The number of carbonyl (C=O) groups excluding carboxylic acids is 1. The number of nitrogens with zero attached hydrogens (tertiary/aromatic N) is 1. The number of nitrogens with one attached hydrogen (secondary N) is 1. The van der Waals surface area contributed by atoms with Crippen molar-refractivity contribution in [2.75, 3.05) is 18.4 Å². The molecule has 0 bridgehead atoms. The van der Waals surface area contributed by atoms with Crippen molar-refractivity contribution < 1.29 is 17.6 Å². The highest BCUT2D eigenvalue weighted by Gasteiger charge is 2.22. The van der Waals surface area contributed by atoms with E-state index in [9.17, 15) is 18.0 Å². The van der Waals surface area contributed by atoms with E-state index in [0.717, 1.165) is 0 Å². The molecule has 1 aromatic heterocycles. The molecule has 0 radical (unpaired) electrons. The fourth-order valence-electron chi connectivity index (χ4n) is 2.87. The number of sulfonamides is 1. The molecule has 7 nitrogen and oxygen atoms in total. The molecule has 3 aromatic rings. The summed E-state index contributed by atoms with van der Waals surface area (Å²) in [7, 11) is -3.66. The Morgan fingerprint density at radius 2 is 1.75 bits per heavy atom. The maximum Gasteiger partial charge on any atom is 0.349 e. The number of carbonyl (C=O) groups is 1. The van der Waals surface area contributed by atoms with Crippen LogP contribution in [0.3, 0.4) is 0 Å². The summed E-state index contributed by atoms with van der Waals surface area (Å²) in [5, 5.41) is 3.19. The number of hydrogen-bond acceptors (Lipinski definition) is 5. The zero-order valence-electron chi connectivity index (χ0n) is 15.5. The van der Waals surface area contributed by atoms with Crippen molar-refractivity contribution in [1.82, 2.24) is 4.31 Å². The van der Waals surface area contributed by atoms with E-state index in [1.54, 1.807) is 44.2 Å². The topological polar surface area (TPSA) is 96.7 Å². The molecule has 0 unspecified atom stereocenters. The van der Waals surface area contributed by atoms with Gasteiger partial charge in [-0.3, -0.25) is 4.79 Å². The van der Waals surface area contributed by atoms with Gasteiger partial charge in [-0.15, -0.1) is 0 Å². The van der Waals surface area contributed by atoms with Crippen molar-refractivity contribution in [2.45, 2.75) is 18.7 Å². The van der Waals surface area contributed by atoms with E-state index in [-0.39, 0.29) is 16.1 Å². The Hall–Kier alpha value is -2.97. The quantitative estimate of drug-likeness (QED) is 0.642. The monoisotopic (exact) mass is 400 g/mol. The number of benzene rings is 2. The first kappa shape index (κ1) is 19.8. The molecule has 0 atom stereocenters. The highest BCUT2D eigenvalue weighted by molar-refractivity contribution is 7.89. The number of hydrogen-bond donors (Lipinski definition) is 1. The van der Waals surface area contributed by atoms with E-state index in [1.165, 1.54) is 28.6 Å². The number of rotatable bonds is 6. The van der Waals surface area contributed by atoms with Crippen LogP contribution in [0.1, 0.15) is 24.2 Å². The van der Waals surface area contributed by atoms with Crippen molar-refractivity contribution in [3.05, 3.63) is 70.6 Å². The average molecular weight is 400 g/mol. The third kappa shape index (κ3) is 3.83. The molecule has 8 heteroatoms. The van der Waals surface area contributed by atoms with Crippen LogP contribution in [0.2, 0.25) is 0 Å². The van der Waals surface area contributed by atoms with Gasteiger partial charge < -0.3 is 9.73 Å². The minimum atomic E-state index is -3.66. The SMILES string of the molecule is CCN(CC)S(=O)(=O)c1cccc(NC(=O)c2cc3ccccc3oc2=O)c1. The van der Waals surface area contributed by atoms with Gasteiger partial charge in [0.15, 0.2) is 0 Å². The summed E-state index contributed by atoms with van der Waals surface area (Å²) >= 11 is 0. The molecule has 2 aromatic carbocycles. The van der Waals surface area contributed by atoms with Crippen molar-refractivity contribution in [3.8, 4) is 0 Å². The van der Waals surface area contributed by atoms with Gasteiger partial charge in [0.2, 0.25) is 10.0 Å². The van der Waals surface area contributed by atoms with Crippen molar-refractivity contribution in [1.29, 1.82) is 0 Å². The largest absolute Gasteiger partial charge is 0.422 e. The summed E-state index contributed by atoms with van der Waals surface area (Å²) in [6.45, 7) is 4.19.